The molecule has 0 spiro atoms. The minimum absolute atomic E-state index is 0.196. The van der Waals surface area contributed by atoms with Gasteiger partial charge in [-0.1, -0.05) is 17.7 Å². The topological polar surface area (TPSA) is 166 Å². The minimum Gasteiger partial charge on any atom is -0.490 e. The van der Waals surface area contributed by atoms with Crippen LogP contribution in [0.3, 0.4) is 0 Å². The van der Waals surface area contributed by atoms with Gasteiger partial charge in [0.25, 0.3) is 0 Å². The van der Waals surface area contributed by atoms with Crippen LogP contribution in [0.15, 0.2) is 51.2 Å². The van der Waals surface area contributed by atoms with Gasteiger partial charge in [-0.15, -0.1) is 0 Å². The molecule has 15 heteroatoms. The summed E-state index contributed by atoms with van der Waals surface area (Å²) in [7, 11) is 2.51. The molecule has 1 aliphatic heterocycles. The molecule has 0 aliphatic carbocycles. The van der Waals surface area contributed by atoms with Crippen LogP contribution in [0.1, 0.15) is 31.0 Å². The number of carbonyl (C=O) groups excluding carboxylic acids is 3. The maximum atomic E-state index is 12.4. The molecule has 1 heterocycles. The highest BCUT2D eigenvalue weighted by Gasteiger charge is 2.32. The number of hydrogen-bond acceptors (Lipinski definition) is 11. The van der Waals surface area contributed by atoms with Gasteiger partial charge < -0.3 is 39.4 Å². The molecule has 2 aromatic rings. The number of ether oxygens (including phenoxy) is 5. The third-order valence-electron chi connectivity index (χ3n) is 5.69. The second-order valence-electron chi connectivity index (χ2n) is 8.59. The summed E-state index contributed by atoms with van der Waals surface area (Å²) in [6.07, 6.45) is 0.226. The molecule has 226 valence electrons. The third-order valence-corrected chi connectivity index (χ3v) is 6.56. The van der Waals surface area contributed by atoms with Gasteiger partial charge in [-0.2, -0.15) is 5.10 Å². The predicted octanol–water partition coefficient (Wildman–Crippen LogP) is 3.17. The Labute approximate surface area is 255 Å². The van der Waals surface area contributed by atoms with Gasteiger partial charge >= 0.3 is 18.0 Å². The van der Waals surface area contributed by atoms with Crippen molar-refractivity contribution in [2.24, 2.45) is 5.10 Å². The zero-order chi connectivity index (χ0) is 30.8. The van der Waals surface area contributed by atoms with E-state index in [-0.39, 0.29) is 29.6 Å². The summed E-state index contributed by atoms with van der Waals surface area (Å²) in [5.41, 5.74) is 4.32. The number of hydrogen-bond donors (Lipinski definition) is 4. The van der Waals surface area contributed by atoms with Gasteiger partial charge in [-0.25, -0.2) is 14.4 Å². The first-order valence-corrected chi connectivity index (χ1v) is 13.7. The van der Waals surface area contributed by atoms with Crippen LogP contribution in [0.2, 0.25) is 5.02 Å². The van der Waals surface area contributed by atoms with Crippen molar-refractivity contribution >= 4 is 51.7 Å². The Morgan fingerprint density at radius 1 is 1.17 bits per heavy atom. The maximum absolute atomic E-state index is 12.4. The first-order chi connectivity index (χ1) is 20.1. The molecule has 3 rings (SSSR count). The van der Waals surface area contributed by atoms with E-state index in [1.54, 1.807) is 44.2 Å². The third kappa shape index (κ3) is 8.50. The number of rotatable bonds is 13. The average Bonchev–Trinajstić information content (AvgIpc) is 2.95. The van der Waals surface area contributed by atoms with Crippen LogP contribution in [0.25, 0.3) is 0 Å². The van der Waals surface area contributed by atoms with Crippen molar-refractivity contribution in [2.45, 2.75) is 26.1 Å². The van der Waals surface area contributed by atoms with Crippen LogP contribution in [-0.4, -0.2) is 69.6 Å². The molecule has 0 unspecified atom stereocenters. The van der Waals surface area contributed by atoms with E-state index in [0.29, 0.717) is 39.4 Å². The zero-order valence-corrected chi connectivity index (χ0v) is 25.5. The standard InChI is InChI=1S/C27H30BrClN4O9/c1-5-40-20-10-16(24-23(26(36)39-4)14(2)31-27(37)32-24)6-7-19(20)41-12-21(34)33-30-11-15-8-17(28)25(18(29)9-15)42-13-22(35)38-3/h6-11,21,24,33-34H,5,12-13H2,1-4H3,(H2,31,32,37)/b30-11-/t21-,24+/m0/s1. The van der Waals surface area contributed by atoms with E-state index >= 15 is 0 Å². The zero-order valence-electron chi connectivity index (χ0n) is 23.2. The fourth-order valence-electron chi connectivity index (χ4n) is 3.80. The van der Waals surface area contributed by atoms with Crippen LogP contribution in [0.4, 0.5) is 4.79 Å². The summed E-state index contributed by atoms with van der Waals surface area (Å²) in [6.45, 7) is 3.22. The predicted molar refractivity (Wildman–Crippen MR) is 156 cm³/mol. The van der Waals surface area contributed by atoms with Crippen LogP contribution >= 0.6 is 27.5 Å². The number of hydrazone groups is 1. The SMILES string of the molecule is CCOc1cc([C@H]2NC(=O)NC(C)=C2C(=O)OC)ccc1OC[C@H](O)N/N=C\c1cc(Cl)c(OCC(=O)OC)c(Br)c1. The highest BCUT2D eigenvalue weighted by molar-refractivity contribution is 9.10. The van der Waals surface area contributed by atoms with Crippen LogP contribution in [0.5, 0.6) is 17.2 Å². The Kier molecular flexibility index (Phi) is 11.8. The first-order valence-electron chi connectivity index (χ1n) is 12.5. The summed E-state index contributed by atoms with van der Waals surface area (Å²) in [6, 6.07) is 6.91. The number of benzene rings is 2. The summed E-state index contributed by atoms with van der Waals surface area (Å²) < 4.78 is 26.8. The van der Waals surface area contributed by atoms with E-state index in [1.807, 2.05) is 0 Å². The van der Waals surface area contributed by atoms with Crippen LogP contribution in [0, 0.1) is 0 Å². The van der Waals surface area contributed by atoms with Gasteiger partial charge in [0.1, 0.15) is 6.61 Å². The maximum Gasteiger partial charge on any atom is 0.343 e. The monoisotopic (exact) mass is 668 g/mol. The van der Waals surface area contributed by atoms with Crippen molar-refractivity contribution < 1.29 is 43.2 Å². The Balaban J connectivity index is 1.65. The molecule has 4 N–H and O–H groups in total. The van der Waals surface area contributed by atoms with Crippen LogP contribution < -0.4 is 30.3 Å². The van der Waals surface area contributed by atoms with Crippen molar-refractivity contribution in [2.75, 3.05) is 34.0 Å². The average molecular weight is 670 g/mol. The lowest BCUT2D eigenvalue weighted by Crippen LogP contribution is -2.45. The lowest BCUT2D eigenvalue weighted by molar-refractivity contribution is -0.143. The molecule has 2 amide bonds. The van der Waals surface area contributed by atoms with Gasteiger partial charge in [-0.3, -0.25) is 5.43 Å². The molecular weight excluding hydrogens is 640 g/mol. The molecule has 42 heavy (non-hydrogen) atoms. The van der Waals surface area contributed by atoms with Gasteiger partial charge in [0.2, 0.25) is 0 Å². The Morgan fingerprint density at radius 3 is 2.60 bits per heavy atom. The number of allylic oxidation sites excluding steroid dienone is 1. The quantitative estimate of drug-likeness (QED) is 0.108. The summed E-state index contributed by atoms with van der Waals surface area (Å²) >= 11 is 9.58. The van der Waals surface area contributed by atoms with Gasteiger partial charge in [0.05, 0.1) is 48.2 Å². The van der Waals surface area contributed by atoms with E-state index in [0.717, 1.165) is 0 Å². The first kappa shape index (κ1) is 32.5. The Bertz CT molecular complexity index is 1360. The molecule has 0 saturated heterocycles. The lowest BCUT2D eigenvalue weighted by atomic mass is 9.95. The lowest BCUT2D eigenvalue weighted by Gasteiger charge is -2.28. The van der Waals surface area contributed by atoms with Crippen molar-refractivity contribution in [3.05, 3.63) is 62.2 Å². The number of urea groups is 1. The molecule has 0 fully saturated rings. The van der Waals surface area contributed by atoms with E-state index < -0.39 is 30.2 Å². The molecule has 0 radical (unpaired) electrons. The number of halogens is 2. The second kappa shape index (κ2) is 15.3. The fourth-order valence-corrected chi connectivity index (χ4v) is 4.79. The smallest absolute Gasteiger partial charge is 0.343 e. The molecule has 0 aromatic heterocycles. The Hall–Kier alpha value is -4.01. The second-order valence-corrected chi connectivity index (χ2v) is 9.86. The number of aliphatic hydroxyl groups is 1. The molecule has 0 bridgehead atoms. The summed E-state index contributed by atoms with van der Waals surface area (Å²) in [5.74, 6) is -0.204. The minimum atomic E-state index is -1.20. The number of aliphatic hydroxyl groups excluding tert-OH is 1. The van der Waals surface area contributed by atoms with Crippen LogP contribution in [-0.2, 0) is 19.1 Å². The van der Waals surface area contributed by atoms with Crippen molar-refractivity contribution in [3.8, 4) is 17.2 Å². The molecular formula is C27H30BrClN4O9. The van der Waals surface area contributed by atoms with Crippen molar-refractivity contribution in [1.82, 2.24) is 16.1 Å². The fraction of sp³-hybridized carbons (Fsp3) is 0.333. The Morgan fingerprint density at radius 2 is 1.93 bits per heavy atom. The van der Waals surface area contributed by atoms with Gasteiger partial charge in [0.15, 0.2) is 30.1 Å². The van der Waals surface area contributed by atoms with E-state index in [2.05, 4.69) is 41.8 Å². The normalized spacial score (nSPS) is 15.4. The number of amides is 2. The molecule has 13 nitrogen and oxygen atoms in total. The number of methoxy groups -OCH3 is 2. The number of carbonyl (C=O) groups is 3. The van der Waals surface area contributed by atoms with E-state index in [1.165, 1.54) is 20.4 Å². The van der Waals surface area contributed by atoms with Gasteiger partial charge in [-0.05, 0) is 65.2 Å². The molecule has 1 aliphatic rings. The van der Waals surface area contributed by atoms with E-state index in [4.69, 9.17) is 30.5 Å². The van der Waals surface area contributed by atoms with E-state index in [9.17, 15) is 19.5 Å². The largest absolute Gasteiger partial charge is 0.490 e. The number of nitrogens with zero attached hydrogens (tertiary/aromatic N) is 1. The van der Waals surface area contributed by atoms with Crippen molar-refractivity contribution in [3.63, 3.8) is 0 Å². The molecule has 2 atom stereocenters. The summed E-state index contributed by atoms with van der Waals surface area (Å²) in [4.78, 5) is 35.8. The summed E-state index contributed by atoms with van der Waals surface area (Å²) in [5, 5.41) is 19.9. The number of nitrogens with one attached hydrogen (secondary N) is 3. The van der Waals surface area contributed by atoms with Crippen molar-refractivity contribution in [1.29, 1.82) is 0 Å². The highest BCUT2D eigenvalue weighted by atomic mass is 79.9. The van der Waals surface area contributed by atoms with Gasteiger partial charge in [0, 0.05) is 5.70 Å². The molecule has 0 saturated carbocycles. The number of esters is 2. The molecule has 2 aromatic carbocycles. The highest BCUT2D eigenvalue weighted by Crippen LogP contribution is 2.35.